The van der Waals surface area contributed by atoms with E-state index in [0.29, 0.717) is 24.5 Å². The molecular weight excluding hydrogens is 348 g/mol. The van der Waals surface area contributed by atoms with Gasteiger partial charge in [0.15, 0.2) is 0 Å². The molecule has 0 fully saturated rings. The number of hydrogen-bond donors (Lipinski definition) is 1. The van der Waals surface area contributed by atoms with Crippen molar-refractivity contribution in [3.63, 3.8) is 0 Å². The third-order valence-electron chi connectivity index (χ3n) is 4.61. The zero-order valence-corrected chi connectivity index (χ0v) is 16.3. The number of hydrogen-bond acceptors (Lipinski definition) is 3. The Hall–Kier alpha value is -3.11. The zero-order valence-electron chi connectivity index (χ0n) is 16.3. The summed E-state index contributed by atoms with van der Waals surface area (Å²) in [6.45, 7) is 1.01. The highest BCUT2D eigenvalue weighted by Crippen LogP contribution is 2.18. The van der Waals surface area contributed by atoms with Crippen LogP contribution in [-0.2, 0) is 6.61 Å². The van der Waals surface area contributed by atoms with E-state index in [1.807, 2.05) is 74.8 Å². The molecule has 0 bridgehead atoms. The van der Waals surface area contributed by atoms with E-state index in [0.717, 1.165) is 5.56 Å². The number of carbonyl (C=O) groups is 1. The molecule has 0 aliphatic carbocycles. The van der Waals surface area contributed by atoms with Crippen molar-refractivity contribution >= 4 is 5.91 Å². The van der Waals surface area contributed by atoms with Gasteiger partial charge in [0.1, 0.15) is 12.4 Å². The van der Waals surface area contributed by atoms with E-state index >= 15 is 0 Å². The minimum atomic E-state index is -0.104. The van der Waals surface area contributed by atoms with E-state index in [9.17, 15) is 4.79 Å². The summed E-state index contributed by atoms with van der Waals surface area (Å²) in [5, 5.41) is 3.04. The van der Waals surface area contributed by atoms with E-state index in [4.69, 9.17) is 4.74 Å². The Balaban J connectivity index is 1.61. The number of amides is 1. The average molecular weight is 374 g/mol. The topological polar surface area (TPSA) is 41.6 Å². The molecule has 0 aliphatic heterocycles. The van der Waals surface area contributed by atoms with E-state index in [1.165, 1.54) is 5.56 Å². The van der Waals surface area contributed by atoms with Crippen LogP contribution in [0.4, 0.5) is 0 Å². The summed E-state index contributed by atoms with van der Waals surface area (Å²) in [6.07, 6.45) is 0. The van der Waals surface area contributed by atoms with Crippen LogP contribution in [0.25, 0.3) is 0 Å². The molecule has 0 heterocycles. The molecule has 0 aliphatic rings. The molecule has 0 aromatic heterocycles. The minimum absolute atomic E-state index is 0.104. The van der Waals surface area contributed by atoms with Crippen LogP contribution in [0.5, 0.6) is 5.75 Å². The normalized spacial score (nSPS) is 11.8. The van der Waals surface area contributed by atoms with Gasteiger partial charge < -0.3 is 15.0 Å². The van der Waals surface area contributed by atoms with Gasteiger partial charge in [-0.05, 0) is 43.4 Å². The Bertz CT molecular complexity index is 879. The molecule has 0 radical (unpaired) electrons. The molecule has 4 nitrogen and oxygen atoms in total. The van der Waals surface area contributed by atoms with Gasteiger partial charge in [0, 0.05) is 12.1 Å². The molecule has 3 rings (SSSR count). The van der Waals surface area contributed by atoms with E-state index in [-0.39, 0.29) is 11.9 Å². The summed E-state index contributed by atoms with van der Waals surface area (Å²) < 4.78 is 5.83. The van der Waals surface area contributed by atoms with Crippen LogP contribution in [0.1, 0.15) is 27.5 Å². The quantitative estimate of drug-likeness (QED) is 0.639. The highest BCUT2D eigenvalue weighted by molar-refractivity contribution is 5.94. The molecule has 1 amide bonds. The van der Waals surface area contributed by atoms with Crippen LogP contribution in [0, 0.1) is 0 Å². The second-order valence-corrected chi connectivity index (χ2v) is 6.90. The summed E-state index contributed by atoms with van der Waals surface area (Å²) in [6, 6.07) is 27.6. The lowest BCUT2D eigenvalue weighted by Crippen LogP contribution is -2.34. The van der Waals surface area contributed by atoms with Crippen molar-refractivity contribution in [2.45, 2.75) is 12.6 Å². The van der Waals surface area contributed by atoms with Crippen LogP contribution >= 0.6 is 0 Å². The predicted molar refractivity (Wildman–Crippen MR) is 112 cm³/mol. The van der Waals surface area contributed by atoms with Crippen molar-refractivity contribution in [2.75, 3.05) is 20.6 Å². The molecule has 3 aromatic rings. The number of benzene rings is 3. The third-order valence-corrected chi connectivity index (χ3v) is 4.61. The maximum Gasteiger partial charge on any atom is 0.251 e. The first kappa shape index (κ1) is 19.6. The van der Waals surface area contributed by atoms with Gasteiger partial charge >= 0.3 is 0 Å². The lowest BCUT2D eigenvalue weighted by Gasteiger charge is -2.25. The van der Waals surface area contributed by atoms with Crippen molar-refractivity contribution in [3.05, 3.63) is 102 Å². The van der Waals surface area contributed by atoms with E-state index < -0.39 is 0 Å². The molecule has 0 saturated heterocycles. The molecule has 1 N–H and O–H groups in total. The first-order valence-electron chi connectivity index (χ1n) is 9.40. The summed E-state index contributed by atoms with van der Waals surface area (Å²) in [4.78, 5) is 14.8. The number of likely N-dealkylation sites (N-methyl/N-ethyl adjacent to an activating group) is 1. The average Bonchev–Trinajstić information content (AvgIpc) is 2.74. The number of nitrogens with one attached hydrogen (secondary N) is 1. The molecule has 0 saturated carbocycles. The van der Waals surface area contributed by atoms with Gasteiger partial charge in [-0.25, -0.2) is 0 Å². The first-order chi connectivity index (χ1) is 13.6. The van der Waals surface area contributed by atoms with Crippen LogP contribution in [0.15, 0.2) is 84.9 Å². The highest BCUT2D eigenvalue weighted by atomic mass is 16.5. The Labute approximate surface area is 166 Å². The second kappa shape index (κ2) is 9.72. The van der Waals surface area contributed by atoms with Gasteiger partial charge in [0.2, 0.25) is 0 Å². The molecule has 3 aromatic carbocycles. The second-order valence-electron chi connectivity index (χ2n) is 6.90. The van der Waals surface area contributed by atoms with Crippen molar-refractivity contribution < 1.29 is 9.53 Å². The van der Waals surface area contributed by atoms with Gasteiger partial charge in [0.05, 0.1) is 6.04 Å². The molecule has 1 atom stereocenters. The van der Waals surface area contributed by atoms with Gasteiger partial charge in [-0.15, -0.1) is 0 Å². The van der Waals surface area contributed by atoms with Crippen molar-refractivity contribution in [1.82, 2.24) is 10.2 Å². The zero-order chi connectivity index (χ0) is 19.8. The Morgan fingerprint density at radius 2 is 1.61 bits per heavy atom. The maximum atomic E-state index is 12.6. The molecule has 4 heteroatoms. The predicted octanol–water partition coefficient (Wildman–Crippen LogP) is 4.30. The van der Waals surface area contributed by atoms with Crippen molar-refractivity contribution in [1.29, 1.82) is 0 Å². The van der Waals surface area contributed by atoms with Gasteiger partial charge in [-0.2, -0.15) is 0 Å². The molecule has 1 unspecified atom stereocenters. The summed E-state index contributed by atoms with van der Waals surface area (Å²) in [7, 11) is 4.03. The van der Waals surface area contributed by atoms with Crippen LogP contribution in [0.2, 0.25) is 0 Å². The Morgan fingerprint density at radius 3 is 2.29 bits per heavy atom. The summed E-state index contributed by atoms with van der Waals surface area (Å²) in [5.41, 5.74) is 2.86. The number of carbonyl (C=O) groups excluding carboxylic acids is 1. The number of rotatable bonds is 8. The molecule has 28 heavy (non-hydrogen) atoms. The number of nitrogens with zero attached hydrogens (tertiary/aromatic N) is 1. The highest BCUT2D eigenvalue weighted by Gasteiger charge is 2.16. The number of ether oxygens (including phenoxy) is 1. The lowest BCUT2D eigenvalue weighted by molar-refractivity contribution is 0.0941. The van der Waals surface area contributed by atoms with Crippen LogP contribution in [0.3, 0.4) is 0 Å². The maximum absolute atomic E-state index is 12.6. The summed E-state index contributed by atoms with van der Waals surface area (Å²) >= 11 is 0. The SMILES string of the molecule is CN(C)C(CNC(=O)c1cccc(OCc2ccccc2)c1)c1ccccc1. The van der Waals surface area contributed by atoms with Crippen molar-refractivity contribution in [2.24, 2.45) is 0 Å². The molecular formula is C24H26N2O2. The summed E-state index contributed by atoms with van der Waals surface area (Å²) in [5.74, 6) is 0.580. The Morgan fingerprint density at radius 1 is 0.929 bits per heavy atom. The fourth-order valence-corrected chi connectivity index (χ4v) is 3.03. The minimum Gasteiger partial charge on any atom is -0.489 e. The van der Waals surface area contributed by atoms with Crippen molar-refractivity contribution in [3.8, 4) is 5.75 Å². The fourth-order valence-electron chi connectivity index (χ4n) is 3.03. The van der Waals surface area contributed by atoms with Gasteiger partial charge in [-0.3, -0.25) is 4.79 Å². The van der Waals surface area contributed by atoms with E-state index in [1.54, 1.807) is 12.1 Å². The third kappa shape index (κ3) is 5.44. The molecule has 144 valence electrons. The van der Waals surface area contributed by atoms with Gasteiger partial charge in [-0.1, -0.05) is 66.7 Å². The first-order valence-corrected chi connectivity index (χ1v) is 9.40. The fraction of sp³-hybridized carbons (Fsp3) is 0.208. The lowest BCUT2D eigenvalue weighted by atomic mass is 10.1. The van der Waals surface area contributed by atoms with Crippen LogP contribution < -0.4 is 10.1 Å². The smallest absolute Gasteiger partial charge is 0.251 e. The molecule has 0 spiro atoms. The van der Waals surface area contributed by atoms with E-state index in [2.05, 4.69) is 22.3 Å². The Kier molecular flexibility index (Phi) is 6.82. The largest absolute Gasteiger partial charge is 0.489 e. The monoisotopic (exact) mass is 374 g/mol. The van der Waals surface area contributed by atoms with Crippen LogP contribution in [-0.4, -0.2) is 31.4 Å². The van der Waals surface area contributed by atoms with Gasteiger partial charge in [0.25, 0.3) is 5.91 Å². The standard InChI is InChI=1S/C24H26N2O2/c1-26(2)23(20-12-7-4-8-13-20)17-25-24(27)21-14-9-15-22(16-21)28-18-19-10-5-3-6-11-19/h3-16,23H,17-18H2,1-2H3,(H,25,27).